The first-order valence-corrected chi connectivity index (χ1v) is 8.51. The molecule has 2 aromatic rings. The zero-order chi connectivity index (χ0) is 15.4. The van der Waals surface area contributed by atoms with Crippen molar-refractivity contribution in [3.8, 4) is 0 Å². The number of benzene rings is 2. The van der Waals surface area contributed by atoms with E-state index in [1.807, 2.05) is 11.8 Å². The van der Waals surface area contributed by atoms with Crippen molar-refractivity contribution in [2.45, 2.75) is 44.6 Å². The molecule has 2 aromatic carbocycles. The molecular formula is C19H25NS. The Morgan fingerprint density at radius 1 is 1.00 bits per heavy atom. The minimum absolute atomic E-state index is 0.0830. The fourth-order valence-corrected chi connectivity index (χ4v) is 3.26. The van der Waals surface area contributed by atoms with E-state index in [0.717, 1.165) is 5.75 Å². The second kappa shape index (κ2) is 7.15. The fourth-order valence-electron chi connectivity index (χ4n) is 2.38. The first kappa shape index (κ1) is 16.1. The van der Waals surface area contributed by atoms with Crippen LogP contribution in [0.2, 0.25) is 0 Å². The van der Waals surface area contributed by atoms with Crippen LogP contribution in [0.15, 0.2) is 47.4 Å². The first-order chi connectivity index (χ1) is 9.97. The molecule has 0 aliphatic rings. The second-order valence-corrected chi connectivity index (χ2v) is 7.09. The molecule has 0 aliphatic heterocycles. The number of nitrogens with two attached hydrogens (primary N) is 1. The fraction of sp³-hybridized carbons (Fsp3) is 0.368. The van der Waals surface area contributed by atoms with Crippen LogP contribution in [0.25, 0.3) is 0 Å². The van der Waals surface area contributed by atoms with Crippen LogP contribution < -0.4 is 5.73 Å². The average molecular weight is 299 g/mol. The molecule has 0 bridgehead atoms. The van der Waals surface area contributed by atoms with Gasteiger partial charge in [-0.25, -0.2) is 0 Å². The van der Waals surface area contributed by atoms with Crippen LogP contribution in [0.3, 0.4) is 0 Å². The van der Waals surface area contributed by atoms with Gasteiger partial charge in [0.05, 0.1) is 0 Å². The predicted octanol–water partition coefficient (Wildman–Crippen LogP) is 5.22. The second-order valence-electron chi connectivity index (χ2n) is 6.00. The molecule has 0 saturated heterocycles. The summed E-state index contributed by atoms with van der Waals surface area (Å²) in [7, 11) is 0. The van der Waals surface area contributed by atoms with E-state index in [4.69, 9.17) is 5.73 Å². The lowest BCUT2D eigenvalue weighted by Gasteiger charge is -2.15. The Kier molecular flexibility index (Phi) is 5.49. The highest BCUT2D eigenvalue weighted by atomic mass is 32.2. The molecule has 21 heavy (non-hydrogen) atoms. The van der Waals surface area contributed by atoms with Gasteiger partial charge in [0.15, 0.2) is 0 Å². The van der Waals surface area contributed by atoms with Crippen LogP contribution in [-0.2, 0) is 0 Å². The van der Waals surface area contributed by atoms with Gasteiger partial charge < -0.3 is 5.73 Å². The summed E-state index contributed by atoms with van der Waals surface area (Å²) in [6.45, 7) is 8.70. The Bertz CT molecular complexity index is 587. The van der Waals surface area contributed by atoms with E-state index in [1.54, 1.807) is 0 Å². The molecule has 2 heteroatoms. The topological polar surface area (TPSA) is 26.0 Å². The summed E-state index contributed by atoms with van der Waals surface area (Å²) in [6, 6.07) is 15.4. The summed E-state index contributed by atoms with van der Waals surface area (Å²) in [6.07, 6.45) is 0. The molecule has 0 spiro atoms. The van der Waals surface area contributed by atoms with E-state index in [2.05, 4.69) is 70.2 Å². The van der Waals surface area contributed by atoms with Crippen molar-refractivity contribution in [2.75, 3.05) is 5.75 Å². The standard InChI is InChI=1S/C19H25NS/c1-13(2)16-7-9-17(10-8-16)21-12-19(20)18-11-14(3)5-6-15(18)4/h5-11,13,19H,12,20H2,1-4H3. The largest absolute Gasteiger partial charge is 0.323 e. The van der Waals surface area contributed by atoms with Crippen LogP contribution in [-0.4, -0.2) is 5.75 Å². The molecule has 0 amide bonds. The van der Waals surface area contributed by atoms with Crippen LogP contribution >= 0.6 is 11.8 Å². The number of hydrogen-bond donors (Lipinski definition) is 1. The van der Waals surface area contributed by atoms with Crippen LogP contribution in [0, 0.1) is 13.8 Å². The van der Waals surface area contributed by atoms with Gasteiger partial charge in [-0.1, -0.05) is 49.7 Å². The summed E-state index contributed by atoms with van der Waals surface area (Å²) in [5.41, 5.74) is 11.6. The summed E-state index contributed by atoms with van der Waals surface area (Å²) in [5, 5.41) is 0. The van der Waals surface area contributed by atoms with Gasteiger partial charge in [0.25, 0.3) is 0 Å². The molecule has 0 aromatic heterocycles. The molecule has 0 fully saturated rings. The maximum Gasteiger partial charge on any atom is 0.0393 e. The third kappa shape index (κ3) is 4.36. The Balaban J connectivity index is 2.00. The molecule has 2 rings (SSSR count). The number of rotatable bonds is 5. The van der Waals surface area contributed by atoms with Crippen molar-refractivity contribution in [1.29, 1.82) is 0 Å². The van der Waals surface area contributed by atoms with Crippen molar-refractivity contribution < 1.29 is 0 Å². The molecule has 112 valence electrons. The zero-order valence-electron chi connectivity index (χ0n) is 13.4. The van der Waals surface area contributed by atoms with E-state index < -0.39 is 0 Å². The van der Waals surface area contributed by atoms with Crippen molar-refractivity contribution in [1.82, 2.24) is 0 Å². The van der Waals surface area contributed by atoms with Gasteiger partial charge >= 0.3 is 0 Å². The number of aryl methyl sites for hydroxylation is 2. The highest BCUT2D eigenvalue weighted by Gasteiger charge is 2.10. The molecule has 0 radical (unpaired) electrons. The van der Waals surface area contributed by atoms with Crippen LogP contribution in [0.5, 0.6) is 0 Å². The van der Waals surface area contributed by atoms with Gasteiger partial charge in [-0.15, -0.1) is 11.8 Å². The summed E-state index contributed by atoms with van der Waals surface area (Å²) in [4.78, 5) is 1.29. The van der Waals surface area contributed by atoms with Crippen molar-refractivity contribution in [3.05, 3.63) is 64.7 Å². The normalized spacial score (nSPS) is 12.7. The van der Waals surface area contributed by atoms with Crippen molar-refractivity contribution >= 4 is 11.8 Å². The summed E-state index contributed by atoms with van der Waals surface area (Å²) >= 11 is 1.83. The quantitative estimate of drug-likeness (QED) is 0.766. The van der Waals surface area contributed by atoms with E-state index in [-0.39, 0.29) is 6.04 Å². The lowest BCUT2D eigenvalue weighted by atomic mass is 10.0. The van der Waals surface area contributed by atoms with E-state index in [0.29, 0.717) is 5.92 Å². The van der Waals surface area contributed by atoms with Gasteiger partial charge in [0.1, 0.15) is 0 Å². The predicted molar refractivity (Wildman–Crippen MR) is 94.1 cm³/mol. The minimum Gasteiger partial charge on any atom is -0.323 e. The van der Waals surface area contributed by atoms with Gasteiger partial charge in [-0.05, 0) is 48.6 Å². The van der Waals surface area contributed by atoms with Gasteiger partial charge in [0, 0.05) is 16.7 Å². The SMILES string of the molecule is Cc1ccc(C)c(C(N)CSc2ccc(C(C)C)cc2)c1. The molecular weight excluding hydrogens is 274 g/mol. The average Bonchev–Trinajstić information content (AvgIpc) is 2.47. The Morgan fingerprint density at radius 2 is 1.67 bits per heavy atom. The maximum absolute atomic E-state index is 6.37. The molecule has 1 unspecified atom stereocenters. The van der Waals surface area contributed by atoms with Crippen molar-refractivity contribution in [2.24, 2.45) is 5.73 Å². The number of hydrogen-bond acceptors (Lipinski definition) is 2. The molecule has 1 atom stereocenters. The highest BCUT2D eigenvalue weighted by Crippen LogP contribution is 2.27. The molecule has 2 N–H and O–H groups in total. The third-order valence-electron chi connectivity index (χ3n) is 3.81. The van der Waals surface area contributed by atoms with E-state index in [1.165, 1.54) is 27.1 Å². The molecule has 1 nitrogen and oxygen atoms in total. The summed E-state index contributed by atoms with van der Waals surface area (Å²) in [5.74, 6) is 1.49. The molecule has 0 heterocycles. The number of thioether (sulfide) groups is 1. The molecule has 0 saturated carbocycles. The first-order valence-electron chi connectivity index (χ1n) is 7.53. The lowest BCUT2D eigenvalue weighted by Crippen LogP contribution is -2.14. The van der Waals surface area contributed by atoms with Crippen LogP contribution in [0.1, 0.15) is 48.1 Å². The Morgan fingerprint density at radius 3 is 2.29 bits per heavy atom. The summed E-state index contributed by atoms with van der Waals surface area (Å²) < 4.78 is 0. The van der Waals surface area contributed by atoms with E-state index >= 15 is 0 Å². The minimum atomic E-state index is 0.0830. The smallest absolute Gasteiger partial charge is 0.0393 e. The highest BCUT2D eigenvalue weighted by molar-refractivity contribution is 7.99. The Labute approximate surface area is 133 Å². The molecule has 0 aliphatic carbocycles. The van der Waals surface area contributed by atoms with Crippen molar-refractivity contribution in [3.63, 3.8) is 0 Å². The lowest BCUT2D eigenvalue weighted by molar-refractivity contribution is 0.821. The van der Waals surface area contributed by atoms with Gasteiger partial charge in [0.2, 0.25) is 0 Å². The van der Waals surface area contributed by atoms with Gasteiger partial charge in [-0.2, -0.15) is 0 Å². The third-order valence-corrected chi connectivity index (χ3v) is 4.94. The maximum atomic E-state index is 6.37. The monoisotopic (exact) mass is 299 g/mol. The van der Waals surface area contributed by atoms with Crippen LogP contribution in [0.4, 0.5) is 0 Å². The van der Waals surface area contributed by atoms with E-state index in [9.17, 15) is 0 Å². The van der Waals surface area contributed by atoms with Gasteiger partial charge in [-0.3, -0.25) is 0 Å². The zero-order valence-corrected chi connectivity index (χ0v) is 14.2. The Hall–Kier alpha value is -1.25.